The van der Waals surface area contributed by atoms with Crippen molar-refractivity contribution >= 4 is 11.8 Å². The average molecular weight is 333 g/mol. The molecule has 0 saturated carbocycles. The Morgan fingerprint density at radius 1 is 1.42 bits per heavy atom. The third-order valence-electron chi connectivity index (χ3n) is 4.98. The molecule has 0 unspecified atom stereocenters. The predicted octanol–water partition coefficient (Wildman–Crippen LogP) is 1.48. The van der Waals surface area contributed by atoms with Crippen LogP contribution in [-0.4, -0.2) is 54.3 Å². The van der Waals surface area contributed by atoms with Gasteiger partial charge in [0.25, 0.3) is 0 Å². The second-order valence-corrected chi connectivity index (χ2v) is 7.09. The fourth-order valence-corrected chi connectivity index (χ4v) is 3.66. The van der Waals surface area contributed by atoms with Crippen LogP contribution in [0.1, 0.15) is 31.9 Å². The third kappa shape index (κ3) is 4.38. The number of likely N-dealkylation sites (tertiary alicyclic amines) is 2. The lowest BCUT2D eigenvalue weighted by molar-refractivity contribution is -0.129. The Balaban J connectivity index is 1.40. The molecule has 0 bridgehead atoms. The van der Waals surface area contributed by atoms with Gasteiger partial charge in [0.15, 0.2) is 0 Å². The first-order valence-corrected chi connectivity index (χ1v) is 8.92. The summed E-state index contributed by atoms with van der Waals surface area (Å²) in [6.45, 7) is 7.00. The maximum atomic E-state index is 12.3. The van der Waals surface area contributed by atoms with Crippen LogP contribution in [0.15, 0.2) is 22.8 Å². The molecule has 2 fully saturated rings. The molecule has 2 aliphatic rings. The third-order valence-corrected chi connectivity index (χ3v) is 4.98. The summed E-state index contributed by atoms with van der Waals surface area (Å²) in [7, 11) is 0. The number of nitrogens with one attached hydrogen (secondary N) is 1. The Kier molecular flexibility index (Phi) is 5.56. The maximum Gasteiger partial charge on any atom is 0.225 e. The lowest BCUT2D eigenvalue weighted by atomic mass is 10.0. The molecule has 3 heterocycles. The second-order valence-electron chi connectivity index (χ2n) is 7.09. The summed E-state index contributed by atoms with van der Waals surface area (Å²) in [5.41, 5.74) is 0. The van der Waals surface area contributed by atoms with Crippen molar-refractivity contribution in [3.63, 3.8) is 0 Å². The van der Waals surface area contributed by atoms with Gasteiger partial charge in [0, 0.05) is 32.6 Å². The normalized spacial score (nSPS) is 25.2. The van der Waals surface area contributed by atoms with Gasteiger partial charge in [-0.3, -0.25) is 9.59 Å². The number of carbonyl (C=O) groups is 2. The van der Waals surface area contributed by atoms with Crippen molar-refractivity contribution in [2.75, 3.05) is 32.7 Å². The summed E-state index contributed by atoms with van der Waals surface area (Å²) in [5.74, 6) is 1.28. The van der Waals surface area contributed by atoms with Crippen molar-refractivity contribution in [1.82, 2.24) is 15.1 Å². The van der Waals surface area contributed by atoms with Gasteiger partial charge < -0.3 is 19.5 Å². The predicted molar refractivity (Wildman–Crippen MR) is 90.1 cm³/mol. The molecule has 132 valence electrons. The van der Waals surface area contributed by atoms with E-state index in [0.717, 1.165) is 31.3 Å². The molecule has 2 saturated heterocycles. The molecular weight excluding hydrogens is 306 g/mol. The first-order valence-electron chi connectivity index (χ1n) is 8.92. The van der Waals surface area contributed by atoms with Crippen molar-refractivity contribution in [2.24, 2.45) is 11.8 Å². The molecular formula is C18H27N3O3. The van der Waals surface area contributed by atoms with Crippen molar-refractivity contribution in [2.45, 2.75) is 32.7 Å². The van der Waals surface area contributed by atoms with Crippen LogP contribution < -0.4 is 5.32 Å². The van der Waals surface area contributed by atoms with Crippen molar-refractivity contribution in [3.8, 4) is 0 Å². The molecule has 2 amide bonds. The number of hydrogen-bond donors (Lipinski definition) is 1. The number of hydrogen-bond acceptors (Lipinski definition) is 4. The topological polar surface area (TPSA) is 65.8 Å². The Hall–Kier alpha value is -1.82. The van der Waals surface area contributed by atoms with Gasteiger partial charge in [-0.1, -0.05) is 6.92 Å². The zero-order valence-electron chi connectivity index (χ0n) is 14.4. The largest absolute Gasteiger partial charge is 0.467 e. The number of amides is 2. The maximum absolute atomic E-state index is 12.3. The minimum atomic E-state index is -0.243. The van der Waals surface area contributed by atoms with Crippen molar-refractivity contribution in [1.29, 1.82) is 0 Å². The van der Waals surface area contributed by atoms with Gasteiger partial charge in [0.05, 0.1) is 18.7 Å². The molecule has 2 aliphatic heterocycles. The standard InChI is InChI=1S/C18H27N3O3/c1-14-4-2-7-20(11-14)8-6-19-18(23)15-10-17(22)21(12-15)13-16-5-3-9-24-16/h3,5,9,14-15H,2,4,6-8,10-13H2,1H3,(H,19,23)/t14-,15+/m0/s1. The summed E-state index contributed by atoms with van der Waals surface area (Å²) in [6.07, 6.45) is 4.45. The van der Waals surface area contributed by atoms with E-state index in [1.165, 1.54) is 12.8 Å². The van der Waals surface area contributed by atoms with Crippen LogP contribution in [-0.2, 0) is 16.1 Å². The Morgan fingerprint density at radius 2 is 2.29 bits per heavy atom. The van der Waals surface area contributed by atoms with Gasteiger partial charge in [-0.05, 0) is 37.4 Å². The number of rotatable bonds is 6. The number of piperidine rings is 1. The summed E-state index contributed by atoms with van der Waals surface area (Å²) in [5, 5.41) is 3.00. The molecule has 24 heavy (non-hydrogen) atoms. The quantitative estimate of drug-likeness (QED) is 0.856. The molecule has 1 aromatic rings. The lowest BCUT2D eigenvalue weighted by Gasteiger charge is -2.30. The smallest absolute Gasteiger partial charge is 0.225 e. The van der Waals surface area contributed by atoms with Crippen molar-refractivity contribution < 1.29 is 14.0 Å². The zero-order valence-corrected chi connectivity index (χ0v) is 14.4. The SMILES string of the molecule is C[C@H]1CCCN(CCNC(=O)[C@@H]2CC(=O)N(Cc3ccco3)C2)C1. The van der Waals surface area contributed by atoms with Gasteiger partial charge >= 0.3 is 0 Å². The van der Waals surface area contributed by atoms with Crippen LogP contribution in [0.2, 0.25) is 0 Å². The Morgan fingerprint density at radius 3 is 3.04 bits per heavy atom. The van der Waals surface area contributed by atoms with Gasteiger partial charge in [0.2, 0.25) is 11.8 Å². The first kappa shape index (κ1) is 17.0. The fourth-order valence-electron chi connectivity index (χ4n) is 3.66. The summed E-state index contributed by atoms with van der Waals surface area (Å²) < 4.78 is 5.28. The van der Waals surface area contributed by atoms with Gasteiger partial charge in [-0.2, -0.15) is 0 Å². The first-order chi connectivity index (χ1) is 11.6. The molecule has 0 aliphatic carbocycles. The highest BCUT2D eigenvalue weighted by atomic mass is 16.3. The molecule has 1 N–H and O–H groups in total. The highest BCUT2D eigenvalue weighted by Crippen LogP contribution is 2.20. The molecule has 2 atom stereocenters. The van der Waals surface area contributed by atoms with Crippen LogP contribution in [0, 0.1) is 11.8 Å². The fraction of sp³-hybridized carbons (Fsp3) is 0.667. The number of carbonyl (C=O) groups excluding carboxylic acids is 2. The van der Waals surface area contributed by atoms with E-state index < -0.39 is 0 Å². The molecule has 0 radical (unpaired) electrons. The van der Waals surface area contributed by atoms with E-state index in [0.29, 0.717) is 26.1 Å². The number of nitrogens with zero attached hydrogens (tertiary/aromatic N) is 2. The molecule has 6 heteroatoms. The molecule has 6 nitrogen and oxygen atoms in total. The van der Waals surface area contributed by atoms with E-state index in [2.05, 4.69) is 17.1 Å². The van der Waals surface area contributed by atoms with Gasteiger partial charge in [-0.15, -0.1) is 0 Å². The molecule has 0 spiro atoms. The Bertz CT molecular complexity index is 558. The minimum absolute atomic E-state index is 0.00430. The van der Waals surface area contributed by atoms with E-state index in [1.807, 2.05) is 12.1 Å². The molecule has 1 aromatic heterocycles. The Labute approximate surface area is 143 Å². The summed E-state index contributed by atoms with van der Waals surface area (Å²) in [6, 6.07) is 3.65. The van der Waals surface area contributed by atoms with E-state index in [-0.39, 0.29) is 17.7 Å². The van der Waals surface area contributed by atoms with Gasteiger partial charge in [0.1, 0.15) is 5.76 Å². The number of furan rings is 1. The highest BCUT2D eigenvalue weighted by molar-refractivity contribution is 5.89. The van der Waals surface area contributed by atoms with E-state index in [9.17, 15) is 9.59 Å². The van der Waals surface area contributed by atoms with Crippen LogP contribution in [0.25, 0.3) is 0 Å². The van der Waals surface area contributed by atoms with Crippen LogP contribution in [0.5, 0.6) is 0 Å². The lowest BCUT2D eigenvalue weighted by Crippen LogP contribution is -2.41. The zero-order chi connectivity index (χ0) is 16.9. The van der Waals surface area contributed by atoms with Gasteiger partial charge in [-0.25, -0.2) is 0 Å². The summed E-state index contributed by atoms with van der Waals surface area (Å²) >= 11 is 0. The van der Waals surface area contributed by atoms with E-state index in [4.69, 9.17) is 4.42 Å². The highest BCUT2D eigenvalue weighted by Gasteiger charge is 2.34. The van der Waals surface area contributed by atoms with Crippen LogP contribution in [0.3, 0.4) is 0 Å². The second kappa shape index (κ2) is 7.83. The van der Waals surface area contributed by atoms with Crippen LogP contribution >= 0.6 is 0 Å². The molecule has 3 rings (SSSR count). The van der Waals surface area contributed by atoms with Crippen molar-refractivity contribution in [3.05, 3.63) is 24.2 Å². The molecule has 0 aromatic carbocycles. The average Bonchev–Trinajstić information content (AvgIpc) is 3.18. The summed E-state index contributed by atoms with van der Waals surface area (Å²) in [4.78, 5) is 28.5. The van der Waals surface area contributed by atoms with E-state index in [1.54, 1.807) is 11.2 Å². The minimum Gasteiger partial charge on any atom is -0.467 e. The monoisotopic (exact) mass is 333 g/mol. The van der Waals surface area contributed by atoms with Crippen LogP contribution in [0.4, 0.5) is 0 Å². The van der Waals surface area contributed by atoms with E-state index >= 15 is 0 Å².